The van der Waals surface area contributed by atoms with Crippen LogP contribution in [0.15, 0.2) is 78.9 Å². The number of hydrogen-bond donors (Lipinski definition) is 1. The molecule has 1 aliphatic carbocycles. The lowest BCUT2D eigenvalue weighted by atomic mass is 9.67. The van der Waals surface area contributed by atoms with Crippen molar-refractivity contribution < 1.29 is 9.53 Å². The van der Waals surface area contributed by atoms with Crippen molar-refractivity contribution in [3.05, 3.63) is 107 Å². The van der Waals surface area contributed by atoms with Crippen LogP contribution in [0.4, 0.5) is 0 Å². The fraction of sp³-hybridized carbons (Fsp3) is 0.125. The van der Waals surface area contributed by atoms with Gasteiger partial charge in [-0.15, -0.1) is 0 Å². The van der Waals surface area contributed by atoms with Crippen molar-refractivity contribution in [3.8, 4) is 5.75 Å². The van der Waals surface area contributed by atoms with Gasteiger partial charge in [-0.2, -0.15) is 0 Å². The van der Waals surface area contributed by atoms with Crippen LogP contribution in [0.1, 0.15) is 32.6 Å². The number of nitrogens with two attached hydrogens (primary N) is 1. The largest absolute Gasteiger partial charge is 0.496 e. The molecule has 2 N–H and O–H groups in total. The number of carbonyl (C=O) groups excluding carboxylic acids is 1. The van der Waals surface area contributed by atoms with Crippen molar-refractivity contribution in [1.29, 1.82) is 0 Å². The predicted octanol–water partition coefficient (Wildman–Crippen LogP) is 4.35. The van der Waals surface area contributed by atoms with Gasteiger partial charge in [0.1, 0.15) is 5.75 Å². The molecule has 3 aromatic rings. The third-order valence-corrected chi connectivity index (χ3v) is 5.35. The minimum absolute atomic E-state index is 0.293. The summed E-state index contributed by atoms with van der Waals surface area (Å²) in [4.78, 5) is 12.1. The number of ether oxygens (including phenoxy) is 1. The molecule has 3 nitrogen and oxygen atoms in total. The molecular weight excluding hydrogens is 334 g/mol. The molecule has 134 valence electrons. The van der Waals surface area contributed by atoms with Crippen LogP contribution in [-0.4, -0.2) is 13.0 Å². The summed E-state index contributed by atoms with van der Waals surface area (Å²) in [6.07, 6.45) is 4.95. The van der Waals surface area contributed by atoms with Crippen LogP contribution in [0.2, 0.25) is 0 Å². The molecule has 0 radical (unpaired) electrons. The van der Waals surface area contributed by atoms with Crippen molar-refractivity contribution in [2.45, 2.75) is 11.8 Å². The standard InChI is InChI=1S/C24H21NO2/c1-27-21-13-12-17-16-24(18-8-4-2-5-9-18,19-10-6-3-7-11-19)15-14-20(17)22(21)23(25)26/h2-15H,16H2,1H3,(H2,25,26). The zero-order valence-electron chi connectivity index (χ0n) is 15.2. The van der Waals surface area contributed by atoms with E-state index in [-0.39, 0.29) is 5.41 Å². The summed E-state index contributed by atoms with van der Waals surface area (Å²) in [5.41, 5.74) is 10.2. The highest BCUT2D eigenvalue weighted by molar-refractivity contribution is 6.00. The van der Waals surface area contributed by atoms with Crippen LogP contribution in [0.3, 0.4) is 0 Å². The number of primary amides is 1. The molecule has 0 saturated carbocycles. The maximum absolute atomic E-state index is 12.1. The van der Waals surface area contributed by atoms with Gasteiger partial charge in [-0.05, 0) is 34.7 Å². The van der Waals surface area contributed by atoms with Gasteiger partial charge in [0.25, 0.3) is 5.91 Å². The highest BCUT2D eigenvalue weighted by Crippen LogP contribution is 2.43. The summed E-state index contributed by atoms with van der Waals surface area (Å²) < 4.78 is 5.36. The molecule has 0 heterocycles. The van der Waals surface area contributed by atoms with E-state index in [1.54, 1.807) is 7.11 Å². The van der Waals surface area contributed by atoms with E-state index in [4.69, 9.17) is 10.5 Å². The molecule has 0 saturated heterocycles. The van der Waals surface area contributed by atoms with Gasteiger partial charge in [-0.25, -0.2) is 0 Å². The Labute approximate surface area is 159 Å². The van der Waals surface area contributed by atoms with E-state index in [1.807, 2.05) is 30.3 Å². The maximum atomic E-state index is 12.1. The normalized spacial score (nSPS) is 14.4. The molecule has 0 unspecified atom stereocenters. The molecule has 0 fully saturated rings. The molecule has 3 aromatic carbocycles. The van der Waals surface area contributed by atoms with Crippen molar-refractivity contribution in [1.82, 2.24) is 0 Å². The zero-order valence-corrected chi connectivity index (χ0v) is 15.2. The number of fused-ring (bicyclic) bond motifs is 1. The predicted molar refractivity (Wildman–Crippen MR) is 108 cm³/mol. The SMILES string of the molecule is COc1ccc2c(c1C(N)=O)C=CC(c1ccccc1)(c1ccccc1)C2. The minimum Gasteiger partial charge on any atom is -0.496 e. The van der Waals surface area contributed by atoms with Gasteiger partial charge in [0.15, 0.2) is 0 Å². The molecule has 0 aromatic heterocycles. The van der Waals surface area contributed by atoms with Crippen LogP contribution >= 0.6 is 0 Å². The molecule has 3 heteroatoms. The average Bonchev–Trinajstić information content (AvgIpc) is 2.73. The molecule has 27 heavy (non-hydrogen) atoms. The second-order valence-corrected chi connectivity index (χ2v) is 6.79. The smallest absolute Gasteiger partial charge is 0.253 e. The Bertz CT molecular complexity index is 968. The number of benzene rings is 3. The van der Waals surface area contributed by atoms with Crippen LogP contribution in [-0.2, 0) is 11.8 Å². The van der Waals surface area contributed by atoms with E-state index in [0.29, 0.717) is 11.3 Å². The molecule has 0 spiro atoms. The lowest BCUT2D eigenvalue weighted by Gasteiger charge is -2.36. The number of allylic oxidation sites excluding steroid dienone is 1. The van der Waals surface area contributed by atoms with Crippen LogP contribution < -0.4 is 10.5 Å². The summed E-state index contributed by atoms with van der Waals surface area (Å²) in [6.45, 7) is 0. The van der Waals surface area contributed by atoms with Crippen LogP contribution in [0.5, 0.6) is 5.75 Å². The maximum Gasteiger partial charge on any atom is 0.253 e. The Morgan fingerprint density at radius 1 is 0.926 bits per heavy atom. The minimum atomic E-state index is -0.472. The summed E-state index contributed by atoms with van der Waals surface area (Å²) >= 11 is 0. The van der Waals surface area contributed by atoms with Gasteiger partial charge in [0, 0.05) is 5.41 Å². The van der Waals surface area contributed by atoms with E-state index in [0.717, 1.165) is 17.5 Å². The Hall–Kier alpha value is -3.33. The molecule has 4 rings (SSSR count). The van der Waals surface area contributed by atoms with Gasteiger partial charge in [-0.3, -0.25) is 4.79 Å². The van der Waals surface area contributed by atoms with Crippen molar-refractivity contribution in [2.75, 3.05) is 7.11 Å². The Kier molecular flexibility index (Phi) is 4.28. The molecule has 0 aliphatic heterocycles. The first kappa shape index (κ1) is 17.1. The third kappa shape index (κ3) is 2.81. The summed E-state index contributed by atoms with van der Waals surface area (Å²) in [5.74, 6) is 0.0399. The number of carbonyl (C=O) groups is 1. The van der Waals surface area contributed by atoms with Crippen LogP contribution in [0.25, 0.3) is 6.08 Å². The van der Waals surface area contributed by atoms with E-state index >= 15 is 0 Å². The molecule has 1 amide bonds. The Morgan fingerprint density at radius 2 is 1.52 bits per heavy atom. The van der Waals surface area contributed by atoms with Gasteiger partial charge in [-0.1, -0.05) is 78.9 Å². The Balaban J connectivity index is 1.94. The fourth-order valence-electron chi connectivity index (χ4n) is 4.03. The van der Waals surface area contributed by atoms with E-state index < -0.39 is 5.91 Å². The van der Waals surface area contributed by atoms with Crippen molar-refractivity contribution in [3.63, 3.8) is 0 Å². The number of rotatable bonds is 4. The van der Waals surface area contributed by atoms with E-state index in [9.17, 15) is 4.79 Å². The highest BCUT2D eigenvalue weighted by atomic mass is 16.5. The molecular formula is C24H21NO2. The number of amides is 1. The molecule has 0 bridgehead atoms. The second kappa shape index (κ2) is 6.76. The van der Waals surface area contributed by atoms with Gasteiger partial charge in [0.05, 0.1) is 12.7 Å². The van der Waals surface area contributed by atoms with E-state index in [1.165, 1.54) is 11.1 Å². The van der Waals surface area contributed by atoms with Gasteiger partial charge >= 0.3 is 0 Å². The highest BCUT2D eigenvalue weighted by Gasteiger charge is 2.36. The summed E-state index contributed by atoms with van der Waals surface area (Å²) in [7, 11) is 1.55. The van der Waals surface area contributed by atoms with E-state index in [2.05, 4.69) is 54.6 Å². The quantitative estimate of drug-likeness (QED) is 0.756. The lowest BCUT2D eigenvalue weighted by molar-refractivity contribution is 0.0997. The molecule has 0 atom stereocenters. The second-order valence-electron chi connectivity index (χ2n) is 6.79. The fourth-order valence-corrected chi connectivity index (χ4v) is 4.03. The first-order chi connectivity index (χ1) is 13.2. The molecule has 1 aliphatic rings. The number of methoxy groups -OCH3 is 1. The zero-order chi connectivity index (χ0) is 18.9. The first-order valence-corrected chi connectivity index (χ1v) is 8.96. The Morgan fingerprint density at radius 3 is 2.04 bits per heavy atom. The van der Waals surface area contributed by atoms with Crippen molar-refractivity contribution >= 4 is 12.0 Å². The lowest BCUT2D eigenvalue weighted by Crippen LogP contribution is -2.31. The summed E-state index contributed by atoms with van der Waals surface area (Å²) in [5, 5.41) is 0. The monoisotopic (exact) mass is 355 g/mol. The van der Waals surface area contributed by atoms with Crippen LogP contribution in [0, 0.1) is 0 Å². The van der Waals surface area contributed by atoms with Gasteiger partial charge in [0.2, 0.25) is 0 Å². The van der Waals surface area contributed by atoms with Gasteiger partial charge < -0.3 is 10.5 Å². The third-order valence-electron chi connectivity index (χ3n) is 5.35. The number of hydrogen-bond acceptors (Lipinski definition) is 2. The van der Waals surface area contributed by atoms with Crippen molar-refractivity contribution in [2.24, 2.45) is 5.73 Å². The first-order valence-electron chi connectivity index (χ1n) is 8.96. The summed E-state index contributed by atoms with van der Waals surface area (Å²) in [6, 6.07) is 24.8. The topological polar surface area (TPSA) is 52.3 Å². The average molecular weight is 355 g/mol.